The van der Waals surface area contributed by atoms with Gasteiger partial charge in [0.25, 0.3) is 0 Å². The summed E-state index contributed by atoms with van der Waals surface area (Å²) in [6.45, 7) is 3.21. The van der Waals surface area contributed by atoms with Crippen molar-refractivity contribution in [1.29, 1.82) is 0 Å². The molecule has 0 saturated heterocycles. The number of nitrogens with two attached hydrogens (primary N) is 1. The molecule has 0 aliphatic heterocycles. The van der Waals surface area contributed by atoms with Crippen molar-refractivity contribution in [3.05, 3.63) is 65.7 Å². The van der Waals surface area contributed by atoms with Gasteiger partial charge in [-0.05, 0) is 98.3 Å². The number of hydrogen-bond donors (Lipinski definition) is 7. The number of hydrogen-bond acceptors (Lipinski definition) is 7. The molecule has 4 bridgehead atoms. The number of carbonyl (C=O) groups excluding carboxylic acids is 5. The summed E-state index contributed by atoms with van der Waals surface area (Å²) in [7, 11) is 0. The fourth-order valence-corrected chi connectivity index (χ4v) is 8.41. The van der Waals surface area contributed by atoms with Crippen LogP contribution in [0.25, 0.3) is 0 Å². The molecule has 3 atom stereocenters. The van der Waals surface area contributed by atoms with Crippen molar-refractivity contribution in [3.63, 3.8) is 0 Å². The summed E-state index contributed by atoms with van der Waals surface area (Å²) >= 11 is 0. The van der Waals surface area contributed by atoms with Gasteiger partial charge in [0, 0.05) is 12.0 Å². The molecule has 2 aromatic rings. The van der Waals surface area contributed by atoms with Gasteiger partial charge in [-0.15, -0.1) is 0 Å². The maximum atomic E-state index is 13.8. The number of benzene rings is 2. The van der Waals surface area contributed by atoms with Crippen molar-refractivity contribution in [3.8, 4) is 5.75 Å². The smallest absolute Gasteiger partial charge is 0.243 e. The first-order valence-electron chi connectivity index (χ1n) is 17.9. The minimum absolute atomic E-state index is 0.102. The Morgan fingerprint density at radius 2 is 1.30 bits per heavy atom. The highest BCUT2D eigenvalue weighted by Gasteiger charge is 2.52. The summed E-state index contributed by atoms with van der Waals surface area (Å²) in [5.41, 5.74) is 7.34. The fraction of sp³-hybridized carbons (Fsp3) is 0.553. The molecule has 8 N–H and O–H groups in total. The third kappa shape index (κ3) is 10.3. The standard InChI is InChI=1S/C38H52N6O6/c1-23(2)12-31(37(50)44-38-18-26-13-27(19-38)15-28(14-26)20-38)43-36(49)32(17-24-6-4-3-5-7-24)42-34(47)22-40-33(46)21-41-35(48)30(39)16-25-8-10-29(45)11-9-25/h3-11,23,26-28,30-32,45H,12-22,39H2,1-2H3,(H,40,46)(H,41,48)(H,42,47)(H,43,49)(H,44,50)/t26?,27?,28?,30-,31-,32-,38?/m0/s1. The zero-order chi connectivity index (χ0) is 35.8. The average molecular weight is 689 g/mol. The van der Waals surface area contributed by atoms with E-state index in [1.165, 1.54) is 31.4 Å². The number of phenolic OH excluding ortho intramolecular Hbond substituents is 1. The first kappa shape index (κ1) is 36.8. The van der Waals surface area contributed by atoms with Crippen molar-refractivity contribution in [2.24, 2.45) is 29.4 Å². The molecule has 12 nitrogen and oxygen atoms in total. The van der Waals surface area contributed by atoms with E-state index >= 15 is 0 Å². The van der Waals surface area contributed by atoms with Crippen LogP contribution in [0.4, 0.5) is 0 Å². The monoisotopic (exact) mass is 688 g/mol. The second-order valence-corrected chi connectivity index (χ2v) is 15.2. The van der Waals surface area contributed by atoms with Gasteiger partial charge >= 0.3 is 0 Å². The van der Waals surface area contributed by atoms with Crippen LogP contribution in [0.3, 0.4) is 0 Å². The molecule has 0 unspecified atom stereocenters. The quantitative estimate of drug-likeness (QED) is 0.140. The molecule has 12 heteroatoms. The third-order valence-electron chi connectivity index (χ3n) is 10.3. The van der Waals surface area contributed by atoms with E-state index < -0.39 is 48.3 Å². The van der Waals surface area contributed by atoms with Gasteiger partial charge in [0.1, 0.15) is 17.8 Å². The van der Waals surface area contributed by atoms with Crippen LogP contribution in [-0.4, -0.2) is 71.4 Å². The van der Waals surface area contributed by atoms with Gasteiger partial charge in [0.15, 0.2) is 0 Å². The predicted octanol–water partition coefficient (Wildman–Crippen LogP) is 1.84. The molecule has 50 heavy (non-hydrogen) atoms. The van der Waals surface area contributed by atoms with Crippen molar-refractivity contribution in [2.75, 3.05) is 13.1 Å². The van der Waals surface area contributed by atoms with Crippen LogP contribution in [0.5, 0.6) is 5.75 Å². The summed E-state index contributed by atoms with van der Waals surface area (Å²) in [5, 5.41) is 23.5. The van der Waals surface area contributed by atoms with Crippen molar-refractivity contribution in [2.45, 2.75) is 95.3 Å². The van der Waals surface area contributed by atoms with E-state index in [4.69, 9.17) is 5.73 Å². The molecule has 0 heterocycles. The molecule has 0 aromatic heterocycles. The molecular formula is C38H52N6O6. The Bertz CT molecular complexity index is 1480. The number of carbonyl (C=O) groups is 5. The Morgan fingerprint density at radius 3 is 1.90 bits per heavy atom. The van der Waals surface area contributed by atoms with Gasteiger partial charge in [-0.25, -0.2) is 0 Å². The number of amides is 5. The number of phenols is 1. The molecule has 5 amide bonds. The molecule has 0 spiro atoms. The van der Waals surface area contributed by atoms with E-state index in [0.29, 0.717) is 24.2 Å². The summed E-state index contributed by atoms with van der Waals surface area (Å²) in [4.78, 5) is 65.5. The van der Waals surface area contributed by atoms with E-state index in [1.807, 2.05) is 44.2 Å². The zero-order valence-electron chi connectivity index (χ0n) is 29.1. The van der Waals surface area contributed by atoms with Gasteiger partial charge in [-0.3, -0.25) is 24.0 Å². The van der Waals surface area contributed by atoms with Crippen molar-refractivity contribution in [1.82, 2.24) is 26.6 Å². The predicted molar refractivity (Wildman–Crippen MR) is 188 cm³/mol. The van der Waals surface area contributed by atoms with E-state index in [0.717, 1.165) is 30.4 Å². The van der Waals surface area contributed by atoms with Gasteiger partial charge in [0.2, 0.25) is 29.5 Å². The summed E-state index contributed by atoms with van der Waals surface area (Å²) in [6.07, 6.45) is 7.63. The molecule has 4 aliphatic carbocycles. The molecular weight excluding hydrogens is 636 g/mol. The van der Waals surface area contributed by atoms with Crippen LogP contribution in [-0.2, 0) is 36.8 Å². The van der Waals surface area contributed by atoms with Gasteiger partial charge in [-0.2, -0.15) is 0 Å². The van der Waals surface area contributed by atoms with Crippen molar-refractivity contribution >= 4 is 29.5 Å². The number of aromatic hydroxyl groups is 1. The Morgan fingerprint density at radius 1 is 0.720 bits per heavy atom. The van der Waals surface area contributed by atoms with E-state index in [-0.39, 0.29) is 42.5 Å². The maximum absolute atomic E-state index is 13.8. The Hall–Kier alpha value is -4.45. The topological polar surface area (TPSA) is 192 Å². The highest BCUT2D eigenvalue weighted by Crippen LogP contribution is 2.55. The fourth-order valence-electron chi connectivity index (χ4n) is 8.41. The molecule has 0 radical (unpaired) electrons. The summed E-state index contributed by atoms with van der Waals surface area (Å²) in [6, 6.07) is 12.9. The molecule has 4 aliphatic rings. The zero-order valence-corrected chi connectivity index (χ0v) is 29.1. The first-order valence-corrected chi connectivity index (χ1v) is 17.9. The van der Waals surface area contributed by atoms with Crippen LogP contribution in [0.2, 0.25) is 0 Å². The van der Waals surface area contributed by atoms with E-state index in [1.54, 1.807) is 12.1 Å². The van der Waals surface area contributed by atoms with Crippen LogP contribution in [0.15, 0.2) is 54.6 Å². The SMILES string of the molecule is CC(C)C[C@H](NC(=O)[C@H](Cc1ccccc1)NC(=O)CNC(=O)CNC(=O)[C@@H](N)Cc1ccc(O)cc1)C(=O)NC12CC3CC(CC(C3)C1)C2. The third-order valence-corrected chi connectivity index (χ3v) is 10.3. The summed E-state index contributed by atoms with van der Waals surface area (Å²) < 4.78 is 0. The Labute approximate surface area is 294 Å². The van der Waals surface area contributed by atoms with E-state index in [2.05, 4.69) is 26.6 Å². The maximum Gasteiger partial charge on any atom is 0.243 e. The van der Waals surface area contributed by atoms with Crippen LogP contribution in [0, 0.1) is 23.7 Å². The lowest BCUT2D eigenvalue weighted by Gasteiger charge is -2.57. The molecule has 6 rings (SSSR count). The molecule has 270 valence electrons. The Balaban J connectivity index is 1.15. The summed E-state index contributed by atoms with van der Waals surface area (Å²) in [5.74, 6) is -0.155. The molecule has 2 aromatic carbocycles. The highest BCUT2D eigenvalue weighted by molar-refractivity contribution is 5.94. The lowest BCUT2D eigenvalue weighted by molar-refractivity contribution is -0.135. The van der Waals surface area contributed by atoms with Crippen LogP contribution < -0.4 is 32.3 Å². The second-order valence-electron chi connectivity index (χ2n) is 15.2. The normalized spacial score (nSPS) is 23.7. The van der Waals surface area contributed by atoms with E-state index in [9.17, 15) is 29.1 Å². The lowest BCUT2D eigenvalue weighted by atomic mass is 9.53. The largest absolute Gasteiger partial charge is 0.508 e. The van der Waals surface area contributed by atoms with Gasteiger partial charge in [0.05, 0.1) is 19.1 Å². The van der Waals surface area contributed by atoms with Crippen molar-refractivity contribution < 1.29 is 29.1 Å². The Kier molecular flexibility index (Phi) is 12.2. The number of nitrogens with one attached hydrogen (secondary N) is 5. The molecule has 4 saturated carbocycles. The average Bonchev–Trinajstić information content (AvgIpc) is 3.06. The van der Waals surface area contributed by atoms with Gasteiger partial charge in [-0.1, -0.05) is 56.3 Å². The van der Waals surface area contributed by atoms with Gasteiger partial charge < -0.3 is 37.4 Å². The lowest BCUT2D eigenvalue weighted by Crippen LogP contribution is -2.63. The minimum atomic E-state index is -0.999. The van der Waals surface area contributed by atoms with Crippen LogP contribution >= 0.6 is 0 Å². The minimum Gasteiger partial charge on any atom is -0.508 e. The first-order chi connectivity index (χ1) is 23.9. The highest BCUT2D eigenvalue weighted by atomic mass is 16.3. The number of rotatable bonds is 16. The molecule has 4 fully saturated rings. The van der Waals surface area contributed by atoms with Crippen LogP contribution in [0.1, 0.15) is 69.9 Å². The second kappa shape index (κ2) is 16.5.